The second-order valence-corrected chi connectivity index (χ2v) is 8.60. The third kappa shape index (κ3) is 9.47. The number of carboxylic acids is 4. The summed E-state index contributed by atoms with van der Waals surface area (Å²) in [6.45, 7) is 5.98. The van der Waals surface area contributed by atoms with Gasteiger partial charge in [0.05, 0.1) is 23.9 Å². The Kier molecular flexibility index (Phi) is 11.0. The minimum absolute atomic E-state index is 0.170. The number of hydrogen-bond donors (Lipinski definition) is 0. The van der Waals surface area contributed by atoms with Gasteiger partial charge in [0.1, 0.15) is 0 Å². The molecule has 1 fully saturated rings. The summed E-state index contributed by atoms with van der Waals surface area (Å²) < 4.78 is 0. The van der Waals surface area contributed by atoms with Crippen LogP contribution in [0.2, 0.25) is 0 Å². The molecule has 184 valence electrons. The molecule has 0 N–H and O–H groups in total. The van der Waals surface area contributed by atoms with Crippen molar-refractivity contribution < 1.29 is 39.6 Å². The molecule has 1 aliphatic rings. The molecule has 0 radical (unpaired) electrons. The molecule has 1 saturated heterocycles. The Balaban J connectivity index is 3.34. The van der Waals surface area contributed by atoms with E-state index in [0.29, 0.717) is 0 Å². The Hall–Kier alpha value is -2.28. The number of carbonyl (C=O) groups is 4. The van der Waals surface area contributed by atoms with E-state index in [9.17, 15) is 39.6 Å². The van der Waals surface area contributed by atoms with E-state index in [4.69, 9.17) is 0 Å². The summed E-state index contributed by atoms with van der Waals surface area (Å²) in [6.07, 6.45) is 0. The van der Waals surface area contributed by atoms with E-state index in [0.717, 1.165) is 0 Å². The highest BCUT2D eigenvalue weighted by atomic mass is 16.4. The first-order chi connectivity index (χ1) is 14.8. The smallest absolute Gasteiger partial charge is 0.0555 e. The molecule has 1 heterocycles. The molecule has 12 heteroatoms. The number of nitrogens with zero attached hydrogens (tertiary/aromatic N) is 4. The largest absolute Gasteiger partial charge is 0.549 e. The predicted octanol–water partition coefficient (Wildman–Crippen LogP) is -6.24. The number of hydrogen-bond acceptors (Lipinski definition) is 12. The van der Waals surface area contributed by atoms with Crippen LogP contribution in [0.25, 0.3) is 0 Å². The van der Waals surface area contributed by atoms with E-state index in [2.05, 4.69) is 0 Å². The van der Waals surface area contributed by atoms with Gasteiger partial charge in [0, 0.05) is 76.5 Å². The van der Waals surface area contributed by atoms with Crippen LogP contribution in [0.3, 0.4) is 0 Å². The van der Waals surface area contributed by atoms with E-state index >= 15 is 0 Å². The molecular weight excluding hydrogens is 424 g/mol. The number of carbonyl (C=O) groups excluding carboxylic acids is 4. The van der Waals surface area contributed by atoms with Crippen LogP contribution in [0.5, 0.6) is 0 Å². The van der Waals surface area contributed by atoms with Gasteiger partial charge >= 0.3 is 0 Å². The van der Waals surface area contributed by atoms with Gasteiger partial charge in [-0.05, 0) is 27.7 Å². The molecule has 1 aliphatic heterocycles. The Morgan fingerprint density at radius 3 is 0.781 bits per heavy atom. The second kappa shape index (κ2) is 12.7. The van der Waals surface area contributed by atoms with Crippen LogP contribution in [0, 0.1) is 0 Å². The first kappa shape index (κ1) is 27.8. The van der Waals surface area contributed by atoms with Crippen LogP contribution >= 0.6 is 0 Å². The number of carboxylic acid groups (broad SMARTS) is 4. The minimum Gasteiger partial charge on any atom is -0.549 e. The Labute approximate surface area is 188 Å². The van der Waals surface area contributed by atoms with Gasteiger partial charge < -0.3 is 39.6 Å². The van der Waals surface area contributed by atoms with Gasteiger partial charge in [-0.15, -0.1) is 0 Å². The predicted molar refractivity (Wildman–Crippen MR) is 104 cm³/mol. The first-order valence-electron chi connectivity index (χ1n) is 10.6. The fourth-order valence-corrected chi connectivity index (χ4v) is 4.08. The van der Waals surface area contributed by atoms with Crippen LogP contribution in [-0.4, -0.2) is 120 Å². The highest BCUT2D eigenvalue weighted by Gasteiger charge is 2.29. The van der Waals surface area contributed by atoms with Crippen LogP contribution < -0.4 is 20.4 Å². The highest BCUT2D eigenvalue weighted by Crippen LogP contribution is 2.15. The molecular formula is C20H32N4O8-4. The lowest BCUT2D eigenvalue weighted by Gasteiger charge is -2.44. The normalized spacial score (nSPS) is 27.9. The molecule has 0 saturated carbocycles. The van der Waals surface area contributed by atoms with E-state index in [1.54, 1.807) is 47.3 Å². The molecule has 0 aromatic carbocycles. The van der Waals surface area contributed by atoms with Gasteiger partial charge in [0.2, 0.25) is 0 Å². The Morgan fingerprint density at radius 1 is 0.500 bits per heavy atom. The lowest BCUT2D eigenvalue weighted by atomic mass is 10.1. The molecule has 1 rings (SSSR count). The SMILES string of the molecule is C[C@H]1CN(CC(=O)[O-])[C@@H](C)CN(CC(=O)[O-])[C@@H](C)CN(CC(=O)[O-])[C@@H](C)CN1CC(=O)[O-]. The molecule has 12 nitrogen and oxygen atoms in total. The lowest BCUT2D eigenvalue weighted by Crippen LogP contribution is -2.60. The van der Waals surface area contributed by atoms with Crippen LogP contribution in [-0.2, 0) is 19.2 Å². The van der Waals surface area contributed by atoms with Crippen molar-refractivity contribution in [1.82, 2.24) is 19.6 Å². The lowest BCUT2D eigenvalue weighted by molar-refractivity contribution is -0.310. The standard InChI is InChI=1S/C20H36N4O8/c1-13-5-22(10-18(27)28)15(3)7-24(12-20(31)32)16(4)8-23(11-19(29)30)14(2)6-21(13)9-17(25)26/h13-16H,5-12H2,1-4H3,(H,25,26)(H,27,28)(H,29,30)(H,31,32)/p-4/t13-,14-,15-,16-/m0/s1. The summed E-state index contributed by atoms with van der Waals surface area (Å²) >= 11 is 0. The van der Waals surface area contributed by atoms with Crippen molar-refractivity contribution in [2.45, 2.75) is 51.9 Å². The maximum absolute atomic E-state index is 11.3. The van der Waals surface area contributed by atoms with Gasteiger partial charge in [0.25, 0.3) is 0 Å². The van der Waals surface area contributed by atoms with E-state index < -0.39 is 74.2 Å². The third-order valence-corrected chi connectivity index (χ3v) is 5.82. The summed E-state index contributed by atoms with van der Waals surface area (Å²) in [7, 11) is 0. The van der Waals surface area contributed by atoms with Gasteiger partial charge in [0.15, 0.2) is 0 Å². The maximum atomic E-state index is 11.3. The monoisotopic (exact) mass is 456 g/mol. The minimum atomic E-state index is -1.31. The molecule has 0 bridgehead atoms. The van der Waals surface area contributed by atoms with Gasteiger partial charge in [-0.25, -0.2) is 0 Å². The molecule has 0 spiro atoms. The van der Waals surface area contributed by atoms with Crippen molar-refractivity contribution in [2.75, 3.05) is 52.4 Å². The van der Waals surface area contributed by atoms with Crippen molar-refractivity contribution in [1.29, 1.82) is 0 Å². The Bertz CT molecular complexity index is 564. The molecule has 0 aliphatic carbocycles. The van der Waals surface area contributed by atoms with E-state index in [-0.39, 0.29) is 26.2 Å². The number of rotatable bonds is 8. The van der Waals surface area contributed by atoms with Crippen molar-refractivity contribution in [2.24, 2.45) is 0 Å². The zero-order valence-electron chi connectivity index (χ0n) is 19.0. The summed E-state index contributed by atoms with van der Waals surface area (Å²) in [4.78, 5) is 51.7. The molecule has 0 unspecified atom stereocenters. The summed E-state index contributed by atoms with van der Waals surface area (Å²) in [5.74, 6) is -5.24. The third-order valence-electron chi connectivity index (χ3n) is 5.82. The molecule has 32 heavy (non-hydrogen) atoms. The first-order valence-corrected chi connectivity index (χ1v) is 10.6. The average Bonchev–Trinajstić information content (AvgIpc) is 2.63. The number of aliphatic carboxylic acids is 4. The zero-order valence-corrected chi connectivity index (χ0v) is 19.0. The fourth-order valence-electron chi connectivity index (χ4n) is 4.08. The van der Waals surface area contributed by atoms with Gasteiger partial charge in [-0.1, -0.05) is 0 Å². The van der Waals surface area contributed by atoms with Crippen LogP contribution in [0.15, 0.2) is 0 Å². The maximum Gasteiger partial charge on any atom is 0.0555 e. The highest BCUT2D eigenvalue weighted by molar-refractivity contribution is 5.68. The second-order valence-electron chi connectivity index (χ2n) is 8.60. The quantitative estimate of drug-likeness (QED) is 0.338. The van der Waals surface area contributed by atoms with Gasteiger partial charge in [-0.3, -0.25) is 19.6 Å². The average molecular weight is 456 g/mol. The fraction of sp³-hybridized carbons (Fsp3) is 0.800. The summed E-state index contributed by atoms with van der Waals surface area (Å²) in [6, 6.07) is -1.69. The molecule has 0 aromatic heterocycles. The van der Waals surface area contributed by atoms with Crippen molar-refractivity contribution in [3.8, 4) is 0 Å². The topological polar surface area (TPSA) is 173 Å². The molecule has 0 aromatic rings. The van der Waals surface area contributed by atoms with Crippen molar-refractivity contribution in [3.05, 3.63) is 0 Å². The van der Waals surface area contributed by atoms with Crippen molar-refractivity contribution >= 4 is 23.9 Å². The van der Waals surface area contributed by atoms with E-state index in [1.165, 1.54) is 0 Å². The van der Waals surface area contributed by atoms with E-state index in [1.807, 2.05) is 0 Å². The van der Waals surface area contributed by atoms with Gasteiger partial charge in [-0.2, -0.15) is 0 Å². The van der Waals surface area contributed by atoms with Crippen LogP contribution in [0.1, 0.15) is 27.7 Å². The molecule has 0 amide bonds. The van der Waals surface area contributed by atoms with Crippen molar-refractivity contribution in [3.63, 3.8) is 0 Å². The summed E-state index contributed by atoms with van der Waals surface area (Å²) in [5, 5.41) is 45.3. The van der Waals surface area contributed by atoms with Crippen LogP contribution in [0.4, 0.5) is 0 Å². The zero-order chi connectivity index (χ0) is 24.6. The molecule has 4 atom stereocenters. The Morgan fingerprint density at radius 2 is 0.656 bits per heavy atom. The summed E-state index contributed by atoms with van der Waals surface area (Å²) in [5.41, 5.74) is 0.